The van der Waals surface area contributed by atoms with Gasteiger partial charge in [-0.3, -0.25) is 4.79 Å². The second kappa shape index (κ2) is 5.51. The van der Waals surface area contributed by atoms with Crippen LogP contribution in [0.5, 0.6) is 0 Å². The Labute approximate surface area is 103 Å². The number of nitrogens with two attached hydrogens (primary N) is 1. The molecule has 0 radical (unpaired) electrons. The molecule has 0 bridgehead atoms. The summed E-state index contributed by atoms with van der Waals surface area (Å²) in [6, 6.07) is 9.46. The summed E-state index contributed by atoms with van der Waals surface area (Å²) >= 11 is 1.14. The van der Waals surface area contributed by atoms with Gasteiger partial charge in [0.15, 0.2) is 0 Å². The van der Waals surface area contributed by atoms with Crippen LogP contribution in [0.3, 0.4) is 0 Å². The fourth-order valence-corrected chi connectivity index (χ4v) is 1.93. The van der Waals surface area contributed by atoms with Gasteiger partial charge in [0.2, 0.25) is 5.91 Å². The molecule has 0 aliphatic heterocycles. The highest BCUT2D eigenvalue weighted by molar-refractivity contribution is 7.10. The van der Waals surface area contributed by atoms with Crippen molar-refractivity contribution in [3.63, 3.8) is 0 Å². The first kappa shape index (κ1) is 11.7. The Hall–Kier alpha value is -1.79. The Bertz CT molecular complexity index is 471. The summed E-state index contributed by atoms with van der Waals surface area (Å²) in [4.78, 5) is 12.0. The molecule has 2 rings (SSSR count). The lowest BCUT2D eigenvalue weighted by Crippen LogP contribution is -2.27. The van der Waals surface area contributed by atoms with E-state index in [1.165, 1.54) is 6.20 Å². The van der Waals surface area contributed by atoms with Crippen LogP contribution in [-0.4, -0.2) is 22.0 Å². The number of hydrogen-bond acceptors (Lipinski definition) is 5. The van der Waals surface area contributed by atoms with Crippen molar-refractivity contribution in [3.8, 4) is 0 Å². The molecule has 2 aromatic rings. The maximum absolute atomic E-state index is 12.0. The van der Waals surface area contributed by atoms with Gasteiger partial charge in [-0.2, -0.15) is 0 Å². The van der Waals surface area contributed by atoms with Gasteiger partial charge in [-0.25, -0.2) is 0 Å². The van der Waals surface area contributed by atoms with Crippen molar-refractivity contribution >= 4 is 22.4 Å². The van der Waals surface area contributed by atoms with Crippen LogP contribution >= 0.6 is 11.5 Å². The number of hydrogen-bond donors (Lipinski definition) is 2. The average Bonchev–Trinajstić information content (AvgIpc) is 2.84. The molecule has 88 valence electrons. The number of aromatic nitrogens is 2. The van der Waals surface area contributed by atoms with Crippen molar-refractivity contribution in [1.82, 2.24) is 9.59 Å². The Morgan fingerprint density at radius 2 is 2.18 bits per heavy atom. The van der Waals surface area contributed by atoms with Crippen LogP contribution in [0.25, 0.3) is 0 Å². The molecule has 1 unspecified atom stereocenters. The number of rotatable bonds is 4. The predicted octanol–water partition coefficient (Wildman–Crippen LogP) is 1.22. The molecule has 0 aliphatic rings. The van der Waals surface area contributed by atoms with E-state index in [1.54, 1.807) is 0 Å². The molecule has 1 aromatic carbocycles. The lowest BCUT2D eigenvalue weighted by atomic mass is 9.98. The van der Waals surface area contributed by atoms with Gasteiger partial charge in [-0.1, -0.05) is 34.8 Å². The van der Waals surface area contributed by atoms with E-state index in [4.69, 9.17) is 5.73 Å². The van der Waals surface area contributed by atoms with Gasteiger partial charge < -0.3 is 11.1 Å². The highest BCUT2D eigenvalue weighted by Gasteiger charge is 2.19. The second-order valence-electron chi connectivity index (χ2n) is 3.47. The molecule has 6 heteroatoms. The van der Waals surface area contributed by atoms with Crippen molar-refractivity contribution in [2.24, 2.45) is 5.73 Å². The maximum atomic E-state index is 12.0. The van der Waals surface area contributed by atoms with Gasteiger partial charge in [-0.05, 0) is 5.56 Å². The molecule has 3 N–H and O–H groups in total. The van der Waals surface area contributed by atoms with Gasteiger partial charge in [0.25, 0.3) is 0 Å². The third kappa shape index (κ3) is 2.86. The lowest BCUT2D eigenvalue weighted by molar-refractivity contribution is -0.117. The summed E-state index contributed by atoms with van der Waals surface area (Å²) in [5, 5.41) is 7.03. The first-order valence-electron chi connectivity index (χ1n) is 5.14. The van der Waals surface area contributed by atoms with E-state index in [0.29, 0.717) is 5.00 Å². The molecule has 0 spiro atoms. The molecule has 17 heavy (non-hydrogen) atoms. The lowest BCUT2D eigenvalue weighted by Gasteiger charge is -2.13. The zero-order valence-electron chi connectivity index (χ0n) is 9.04. The van der Waals surface area contributed by atoms with E-state index in [1.807, 2.05) is 30.3 Å². The maximum Gasteiger partial charge on any atom is 0.233 e. The zero-order valence-corrected chi connectivity index (χ0v) is 9.85. The predicted molar refractivity (Wildman–Crippen MR) is 66.8 cm³/mol. The van der Waals surface area contributed by atoms with E-state index >= 15 is 0 Å². The summed E-state index contributed by atoms with van der Waals surface area (Å²) in [6.07, 6.45) is 1.52. The van der Waals surface area contributed by atoms with Crippen LogP contribution in [0.1, 0.15) is 11.5 Å². The van der Waals surface area contributed by atoms with Crippen molar-refractivity contribution in [2.75, 3.05) is 11.9 Å². The molecule has 1 atom stereocenters. The Balaban J connectivity index is 2.11. The fourth-order valence-electron chi connectivity index (χ4n) is 1.51. The smallest absolute Gasteiger partial charge is 0.233 e. The van der Waals surface area contributed by atoms with Gasteiger partial charge in [-0.15, -0.1) is 5.10 Å². The van der Waals surface area contributed by atoms with Crippen molar-refractivity contribution in [2.45, 2.75) is 5.92 Å². The Kier molecular flexibility index (Phi) is 3.79. The molecule has 5 nitrogen and oxygen atoms in total. The largest absolute Gasteiger partial charge is 0.329 e. The summed E-state index contributed by atoms with van der Waals surface area (Å²) in [5.41, 5.74) is 6.55. The minimum atomic E-state index is -0.349. The molecule has 0 fully saturated rings. The zero-order chi connectivity index (χ0) is 12.1. The van der Waals surface area contributed by atoms with E-state index in [-0.39, 0.29) is 18.4 Å². The van der Waals surface area contributed by atoms with Gasteiger partial charge in [0, 0.05) is 18.1 Å². The Morgan fingerprint density at radius 1 is 1.41 bits per heavy atom. The molecule has 1 amide bonds. The quantitative estimate of drug-likeness (QED) is 0.852. The van der Waals surface area contributed by atoms with E-state index in [2.05, 4.69) is 14.9 Å². The molecule has 1 heterocycles. The summed E-state index contributed by atoms with van der Waals surface area (Å²) in [6.45, 7) is 0.266. The van der Waals surface area contributed by atoms with Crippen LogP contribution in [0.4, 0.5) is 5.00 Å². The van der Waals surface area contributed by atoms with Crippen LogP contribution in [-0.2, 0) is 4.79 Å². The second-order valence-corrected chi connectivity index (χ2v) is 4.26. The molecule has 0 saturated heterocycles. The van der Waals surface area contributed by atoms with Crippen LogP contribution in [0.2, 0.25) is 0 Å². The SMILES string of the molecule is NCC(C(=O)Nc1cnns1)c1ccccc1. The van der Waals surface area contributed by atoms with Crippen LogP contribution in [0.15, 0.2) is 36.5 Å². The van der Waals surface area contributed by atoms with E-state index < -0.39 is 0 Å². The molecule has 0 saturated carbocycles. The minimum absolute atomic E-state index is 0.134. The first-order valence-corrected chi connectivity index (χ1v) is 5.92. The van der Waals surface area contributed by atoms with Crippen molar-refractivity contribution < 1.29 is 4.79 Å². The third-order valence-corrected chi connectivity index (χ3v) is 2.94. The number of benzene rings is 1. The third-order valence-electron chi connectivity index (χ3n) is 2.36. The normalized spacial score (nSPS) is 12.1. The molecular weight excluding hydrogens is 236 g/mol. The topological polar surface area (TPSA) is 80.9 Å². The van der Waals surface area contributed by atoms with E-state index in [9.17, 15) is 4.79 Å². The summed E-state index contributed by atoms with van der Waals surface area (Å²) < 4.78 is 3.68. The first-order chi connectivity index (χ1) is 8.31. The Morgan fingerprint density at radius 3 is 2.76 bits per heavy atom. The number of carbonyl (C=O) groups is 1. The number of nitrogens with zero attached hydrogens (tertiary/aromatic N) is 2. The van der Waals surface area contributed by atoms with Crippen molar-refractivity contribution in [1.29, 1.82) is 0 Å². The number of nitrogens with one attached hydrogen (secondary N) is 1. The highest BCUT2D eigenvalue weighted by atomic mass is 32.1. The molecule has 1 aromatic heterocycles. The standard InChI is InChI=1S/C11H12N4OS/c12-6-9(8-4-2-1-3-5-8)11(16)14-10-7-13-15-17-10/h1-5,7,9H,6,12H2,(H,14,16). The van der Waals surface area contributed by atoms with Crippen LogP contribution in [0, 0.1) is 0 Å². The number of carbonyl (C=O) groups excluding carboxylic acids is 1. The fraction of sp³-hybridized carbons (Fsp3) is 0.182. The minimum Gasteiger partial charge on any atom is -0.329 e. The molecule has 0 aliphatic carbocycles. The number of amides is 1. The van der Waals surface area contributed by atoms with Gasteiger partial charge in [0.05, 0.1) is 12.1 Å². The van der Waals surface area contributed by atoms with E-state index in [0.717, 1.165) is 17.1 Å². The highest BCUT2D eigenvalue weighted by Crippen LogP contribution is 2.18. The monoisotopic (exact) mass is 248 g/mol. The van der Waals surface area contributed by atoms with Gasteiger partial charge in [0.1, 0.15) is 5.00 Å². The van der Waals surface area contributed by atoms with Gasteiger partial charge >= 0.3 is 0 Å². The number of anilines is 1. The summed E-state index contributed by atoms with van der Waals surface area (Å²) in [5.74, 6) is -0.483. The van der Waals surface area contributed by atoms with Crippen molar-refractivity contribution in [3.05, 3.63) is 42.1 Å². The average molecular weight is 248 g/mol. The molecular formula is C11H12N4OS. The van der Waals surface area contributed by atoms with Crippen LogP contribution < -0.4 is 11.1 Å². The summed E-state index contributed by atoms with van der Waals surface area (Å²) in [7, 11) is 0.